The van der Waals surface area contributed by atoms with Gasteiger partial charge in [-0.05, 0) is 32.9 Å². The fourth-order valence-electron chi connectivity index (χ4n) is 2.47. The van der Waals surface area contributed by atoms with E-state index >= 15 is 0 Å². The van der Waals surface area contributed by atoms with Crippen molar-refractivity contribution < 1.29 is 0 Å². The van der Waals surface area contributed by atoms with Crippen molar-refractivity contribution in [3.63, 3.8) is 0 Å². The average Bonchev–Trinajstić information content (AvgIpc) is 3.04. The maximum atomic E-state index is 4.37. The summed E-state index contributed by atoms with van der Waals surface area (Å²) in [6, 6.07) is 0. The lowest BCUT2D eigenvalue weighted by atomic mass is 9.97. The highest BCUT2D eigenvalue weighted by molar-refractivity contribution is 7.98. The Morgan fingerprint density at radius 3 is 2.71 bits per heavy atom. The molecule has 9 heteroatoms. The number of aromatic amines is 1. The van der Waals surface area contributed by atoms with Crippen LogP contribution < -0.4 is 5.32 Å². The molecule has 0 aromatic carbocycles. The minimum atomic E-state index is 0. The molecule has 0 radical (unpaired) electrons. The molecule has 1 saturated heterocycles. The molecule has 0 saturated carbocycles. The second-order valence-electron chi connectivity index (χ2n) is 5.05. The summed E-state index contributed by atoms with van der Waals surface area (Å²) in [6.07, 6.45) is 2.27. The van der Waals surface area contributed by atoms with Gasteiger partial charge in [0, 0.05) is 13.0 Å². The number of aryl methyl sites for hydroxylation is 1. The lowest BCUT2D eigenvalue weighted by Gasteiger charge is -2.21. The van der Waals surface area contributed by atoms with Gasteiger partial charge in [-0.2, -0.15) is 5.10 Å². The van der Waals surface area contributed by atoms with Crippen LogP contribution in [0.5, 0.6) is 0 Å². The molecule has 2 aromatic rings. The lowest BCUT2D eigenvalue weighted by molar-refractivity contribution is 0.434. The molecule has 0 bridgehead atoms. The van der Waals surface area contributed by atoms with Crippen molar-refractivity contribution in [2.75, 3.05) is 13.1 Å². The Kier molecular flexibility index (Phi) is 5.60. The third-order valence-electron chi connectivity index (χ3n) is 3.55. The van der Waals surface area contributed by atoms with Gasteiger partial charge in [0.2, 0.25) is 0 Å². The van der Waals surface area contributed by atoms with Crippen LogP contribution in [0.4, 0.5) is 0 Å². The quantitative estimate of drug-likeness (QED) is 0.825. The van der Waals surface area contributed by atoms with Gasteiger partial charge in [0.25, 0.3) is 0 Å². The van der Waals surface area contributed by atoms with Gasteiger partial charge in [-0.15, -0.1) is 22.6 Å². The summed E-state index contributed by atoms with van der Waals surface area (Å²) < 4.78 is 2.11. The standard InChI is InChI=1S/C12H19N7S.ClH/c1-8-14-10(16-15-8)7-20-12-18-17-11(19(12)2)9-3-5-13-6-4-9;/h9,13H,3-7H2,1-2H3,(H,14,15,16);1H. The fourth-order valence-corrected chi connectivity index (χ4v) is 3.24. The molecule has 0 atom stereocenters. The molecule has 1 aliphatic heterocycles. The first-order valence-corrected chi connectivity index (χ1v) is 7.83. The van der Waals surface area contributed by atoms with E-state index in [1.807, 2.05) is 14.0 Å². The Hall–Kier alpha value is -1.12. The van der Waals surface area contributed by atoms with Crippen molar-refractivity contribution in [2.24, 2.45) is 7.05 Å². The van der Waals surface area contributed by atoms with Gasteiger partial charge in [-0.3, -0.25) is 5.10 Å². The van der Waals surface area contributed by atoms with E-state index < -0.39 is 0 Å². The fraction of sp³-hybridized carbons (Fsp3) is 0.667. The van der Waals surface area contributed by atoms with E-state index in [-0.39, 0.29) is 12.4 Å². The number of hydrogen-bond acceptors (Lipinski definition) is 6. The van der Waals surface area contributed by atoms with Crippen LogP contribution >= 0.6 is 24.2 Å². The van der Waals surface area contributed by atoms with Gasteiger partial charge >= 0.3 is 0 Å². The smallest absolute Gasteiger partial charge is 0.191 e. The monoisotopic (exact) mass is 329 g/mol. The van der Waals surface area contributed by atoms with E-state index in [0.717, 1.165) is 48.6 Å². The van der Waals surface area contributed by atoms with Crippen LogP contribution in [0.2, 0.25) is 0 Å². The first-order valence-electron chi connectivity index (χ1n) is 6.84. The van der Waals surface area contributed by atoms with Gasteiger partial charge in [-0.1, -0.05) is 11.8 Å². The minimum Gasteiger partial charge on any atom is -0.317 e. The largest absolute Gasteiger partial charge is 0.317 e. The van der Waals surface area contributed by atoms with Crippen molar-refractivity contribution in [2.45, 2.75) is 36.6 Å². The number of rotatable bonds is 4. The second kappa shape index (κ2) is 7.24. The van der Waals surface area contributed by atoms with Crippen molar-refractivity contribution in [3.8, 4) is 0 Å². The molecule has 3 heterocycles. The summed E-state index contributed by atoms with van der Waals surface area (Å²) >= 11 is 1.63. The van der Waals surface area contributed by atoms with Gasteiger partial charge in [0.05, 0.1) is 5.75 Å². The number of thioether (sulfide) groups is 1. The van der Waals surface area contributed by atoms with E-state index in [1.54, 1.807) is 11.8 Å². The third kappa shape index (κ3) is 3.75. The third-order valence-corrected chi connectivity index (χ3v) is 4.56. The maximum Gasteiger partial charge on any atom is 0.191 e. The van der Waals surface area contributed by atoms with Crippen molar-refractivity contribution in [1.82, 2.24) is 35.3 Å². The Bertz CT molecular complexity index is 576. The number of hydrogen-bond donors (Lipinski definition) is 2. The Morgan fingerprint density at radius 2 is 2.05 bits per heavy atom. The first-order chi connectivity index (χ1) is 9.74. The van der Waals surface area contributed by atoms with E-state index in [2.05, 4.69) is 35.3 Å². The van der Waals surface area contributed by atoms with Crippen LogP contribution in [-0.4, -0.2) is 43.0 Å². The Morgan fingerprint density at radius 1 is 1.29 bits per heavy atom. The number of aromatic nitrogens is 6. The summed E-state index contributed by atoms with van der Waals surface area (Å²) in [5, 5.41) is 20.0. The van der Waals surface area contributed by atoms with Crippen molar-refractivity contribution in [3.05, 3.63) is 17.5 Å². The molecule has 0 amide bonds. The summed E-state index contributed by atoms with van der Waals surface area (Å²) in [5.41, 5.74) is 0. The van der Waals surface area contributed by atoms with Crippen LogP contribution in [0.25, 0.3) is 0 Å². The van der Waals surface area contributed by atoms with E-state index in [4.69, 9.17) is 0 Å². The van der Waals surface area contributed by atoms with Gasteiger partial charge in [-0.25, -0.2) is 4.98 Å². The zero-order valence-electron chi connectivity index (χ0n) is 12.2. The summed E-state index contributed by atoms with van der Waals surface area (Å²) in [6.45, 7) is 4.03. The second-order valence-corrected chi connectivity index (χ2v) is 5.99. The lowest BCUT2D eigenvalue weighted by Crippen LogP contribution is -2.27. The van der Waals surface area contributed by atoms with Crippen LogP contribution in [0.15, 0.2) is 5.16 Å². The van der Waals surface area contributed by atoms with Gasteiger partial charge in [0.15, 0.2) is 11.0 Å². The highest BCUT2D eigenvalue weighted by atomic mass is 35.5. The zero-order valence-corrected chi connectivity index (χ0v) is 13.8. The first kappa shape index (κ1) is 16.3. The predicted molar refractivity (Wildman–Crippen MR) is 83.8 cm³/mol. The molecule has 1 aliphatic rings. The molecule has 2 N–H and O–H groups in total. The van der Waals surface area contributed by atoms with Gasteiger partial charge in [0.1, 0.15) is 11.6 Å². The summed E-state index contributed by atoms with van der Waals surface area (Å²) in [4.78, 5) is 4.30. The molecule has 0 spiro atoms. The number of nitrogens with one attached hydrogen (secondary N) is 2. The highest BCUT2D eigenvalue weighted by Crippen LogP contribution is 2.27. The summed E-state index contributed by atoms with van der Waals surface area (Å²) in [7, 11) is 2.04. The summed E-state index contributed by atoms with van der Waals surface area (Å²) in [5.74, 6) is 3.98. The molecule has 21 heavy (non-hydrogen) atoms. The number of halogens is 1. The molecular weight excluding hydrogens is 310 g/mol. The van der Waals surface area contributed by atoms with Crippen LogP contribution in [0, 0.1) is 6.92 Å². The predicted octanol–water partition coefficient (Wildman–Crippen LogP) is 1.42. The highest BCUT2D eigenvalue weighted by Gasteiger charge is 2.21. The van der Waals surface area contributed by atoms with Crippen LogP contribution in [0.1, 0.15) is 36.2 Å². The SMILES string of the molecule is Cc1nc(CSc2nnc(C3CCNCC3)n2C)n[nH]1.Cl. The van der Waals surface area contributed by atoms with Crippen LogP contribution in [-0.2, 0) is 12.8 Å². The van der Waals surface area contributed by atoms with E-state index in [0.29, 0.717) is 11.7 Å². The molecule has 1 fully saturated rings. The number of piperidine rings is 1. The Balaban J connectivity index is 0.00000161. The zero-order chi connectivity index (χ0) is 13.9. The molecular formula is C12H20ClN7S. The van der Waals surface area contributed by atoms with E-state index in [9.17, 15) is 0 Å². The molecule has 0 unspecified atom stereocenters. The van der Waals surface area contributed by atoms with Gasteiger partial charge < -0.3 is 9.88 Å². The van der Waals surface area contributed by atoms with Crippen molar-refractivity contribution in [1.29, 1.82) is 0 Å². The molecule has 7 nitrogen and oxygen atoms in total. The topological polar surface area (TPSA) is 84.3 Å². The Labute approximate surface area is 134 Å². The number of nitrogens with zero attached hydrogens (tertiary/aromatic N) is 5. The average molecular weight is 330 g/mol. The van der Waals surface area contributed by atoms with Crippen LogP contribution in [0.3, 0.4) is 0 Å². The molecule has 2 aromatic heterocycles. The molecule has 3 rings (SSSR count). The molecule has 116 valence electrons. The number of H-pyrrole nitrogens is 1. The van der Waals surface area contributed by atoms with Crippen molar-refractivity contribution >= 4 is 24.2 Å². The molecule has 0 aliphatic carbocycles. The normalized spacial score (nSPS) is 15.9. The van der Waals surface area contributed by atoms with E-state index in [1.165, 1.54) is 0 Å². The minimum absolute atomic E-state index is 0. The maximum absolute atomic E-state index is 4.37.